The fourth-order valence-corrected chi connectivity index (χ4v) is 7.77. The smallest absolute Gasteiger partial charge is 0.227 e. The molecule has 2 saturated carbocycles. The van der Waals surface area contributed by atoms with Crippen molar-refractivity contribution in [3.63, 3.8) is 0 Å². The average Bonchev–Trinajstić information content (AvgIpc) is 3.66. The average molecular weight is 586 g/mol. The summed E-state index contributed by atoms with van der Waals surface area (Å²) in [5, 5.41) is 26.3. The van der Waals surface area contributed by atoms with E-state index in [4.69, 9.17) is 9.97 Å². The number of aryl methyl sites for hydroxylation is 2. The van der Waals surface area contributed by atoms with E-state index < -0.39 is 12.2 Å². The Morgan fingerprint density at radius 2 is 2.03 bits per heavy atom. The molecule has 0 spiro atoms. The van der Waals surface area contributed by atoms with Crippen LogP contribution in [-0.2, 0) is 11.8 Å². The molecule has 0 saturated heterocycles. The van der Waals surface area contributed by atoms with Gasteiger partial charge in [0, 0.05) is 34.6 Å². The summed E-state index contributed by atoms with van der Waals surface area (Å²) in [4.78, 5) is 23.8. The summed E-state index contributed by atoms with van der Waals surface area (Å²) >= 11 is 6.79. The molecule has 1 aromatic carbocycles. The van der Waals surface area contributed by atoms with Crippen LogP contribution in [-0.4, -0.2) is 42.9 Å². The Morgan fingerprint density at radius 1 is 1.19 bits per heavy atom. The summed E-state index contributed by atoms with van der Waals surface area (Å²) in [7, 11) is 1.97. The van der Waals surface area contributed by atoms with Gasteiger partial charge in [0.05, 0.1) is 32.6 Å². The number of nitrogens with zero attached hydrogens (tertiary/aromatic N) is 3. The number of anilines is 1. The predicted molar refractivity (Wildman–Crippen MR) is 147 cm³/mol. The minimum Gasteiger partial charge on any atom is -0.390 e. The topological polar surface area (TPSA) is 100 Å². The van der Waals surface area contributed by atoms with E-state index in [0.29, 0.717) is 18.5 Å². The Morgan fingerprint density at radius 3 is 2.69 bits per heavy atom. The number of aliphatic hydroxyl groups is 2. The number of benzene rings is 1. The van der Waals surface area contributed by atoms with Gasteiger partial charge in [-0.15, -0.1) is 22.7 Å². The Bertz CT molecular complexity index is 1500. The highest BCUT2D eigenvalue weighted by Crippen LogP contribution is 2.49. The van der Waals surface area contributed by atoms with Crippen molar-refractivity contribution in [3.05, 3.63) is 60.9 Å². The maximum atomic E-state index is 13.0. The second-order valence-electron chi connectivity index (χ2n) is 9.66. The van der Waals surface area contributed by atoms with Crippen molar-refractivity contribution < 1.29 is 15.0 Å². The third kappa shape index (κ3) is 4.14. The Hall–Kier alpha value is -2.37. The molecule has 0 radical (unpaired) electrons. The first kappa shape index (κ1) is 24.0. The van der Waals surface area contributed by atoms with E-state index in [9.17, 15) is 15.0 Å². The Labute approximate surface area is 224 Å². The number of fused-ring (bicyclic) bond motifs is 3. The van der Waals surface area contributed by atoms with Crippen LogP contribution in [0.1, 0.15) is 34.2 Å². The number of aliphatic hydroxyl groups excluding tert-OH is 2. The molecule has 0 unspecified atom stereocenters. The Balaban J connectivity index is 1.32. The van der Waals surface area contributed by atoms with Gasteiger partial charge in [-0.2, -0.15) is 0 Å². The van der Waals surface area contributed by atoms with Crippen LogP contribution in [0.25, 0.3) is 22.7 Å². The zero-order chi connectivity index (χ0) is 25.1. The van der Waals surface area contributed by atoms with Gasteiger partial charge >= 0.3 is 0 Å². The quantitative estimate of drug-likeness (QED) is 0.304. The maximum absolute atomic E-state index is 13.0. The van der Waals surface area contributed by atoms with Crippen molar-refractivity contribution in [3.8, 4) is 0 Å². The van der Waals surface area contributed by atoms with Crippen LogP contribution in [0, 0.1) is 24.7 Å². The summed E-state index contributed by atoms with van der Waals surface area (Å²) in [6.07, 6.45) is 1.92. The number of rotatable bonds is 5. The van der Waals surface area contributed by atoms with E-state index in [1.54, 1.807) is 22.7 Å². The van der Waals surface area contributed by atoms with Crippen LogP contribution in [0.4, 0.5) is 5.69 Å². The molecule has 5 atom stereocenters. The number of thiazole rings is 1. The number of thiophene rings is 1. The number of carbonyl (C=O) groups excluding carboxylic acids is 1. The standard InChI is InChI=1S/C26H25BrN4O3S2/c1-12-11-35-26(28-12)18(10-15-4-6-21(27)36-15)24-30-19-5-3-14(9-20(19)31(24)2)29-25(34)17-8-13-7-16(17)23(33)22(13)32/h3-6,9-11,13,16-17,22-23,32-33H,7-8H2,1-2H3,(H,29,34)/b18-10-/t13-,16+,17-,22-,23+/m0/s1. The molecule has 186 valence electrons. The van der Waals surface area contributed by atoms with E-state index in [1.807, 2.05) is 48.2 Å². The molecule has 6 rings (SSSR count). The van der Waals surface area contributed by atoms with Crippen molar-refractivity contribution in [2.45, 2.75) is 32.0 Å². The molecule has 3 aromatic heterocycles. The van der Waals surface area contributed by atoms with Gasteiger partial charge in [0.1, 0.15) is 10.8 Å². The third-order valence-electron chi connectivity index (χ3n) is 7.38. The number of hydrogen-bond acceptors (Lipinski definition) is 7. The highest BCUT2D eigenvalue weighted by Gasteiger charge is 2.53. The van der Waals surface area contributed by atoms with Crippen molar-refractivity contribution in [2.75, 3.05) is 5.32 Å². The lowest BCUT2D eigenvalue weighted by Gasteiger charge is -2.28. The van der Waals surface area contributed by atoms with E-state index >= 15 is 0 Å². The second-order valence-corrected chi connectivity index (χ2v) is 13.0. The molecule has 7 nitrogen and oxygen atoms in total. The molecular formula is C26H25BrN4O3S2. The van der Waals surface area contributed by atoms with Crippen LogP contribution in [0.15, 0.2) is 39.5 Å². The van der Waals surface area contributed by atoms with Crippen LogP contribution in [0.3, 0.4) is 0 Å². The zero-order valence-corrected chi connectivity index (χ0v) is 22.9. The van der Waals surface area contributed by atoms with Crippen molar-refractivity contribution in [2.24, 2.45) is 24.8 Å². The van der Waals surface area contributed by atoms with Gasteiger partial charge in [-0.1, -0.05) is 0 Å². The molecular weight excluding hydrogens is 560 g/mol. The van der Waals surface area contributed by atoms with Gasteiger partial charge in [0.15, 0.2) is 0 Å². The highest BCUT2D eigenvalue weighted by atomic mass is 79.9. The molecule has 0 aliphatic heterocycles. The van der Waals surface area contributed by atoms with E-state index in [0.717, 1.165) is 41.8 Å². The van der Waals surface area contributed by atoms with Gasteiger partial charge in [0.25, 0.3) is 0 Å². The lowest BCUT2D eigenvalue weighted by atomic mass is 9.84. The summed E-state index contributed by atoms with van der Waals surface area (Å²) < 4.78 is 3.10. The molecule has 2 fully saturated rings. The molecule has 4 aromatic rings. The van der Waals surface area contributed by atoms with Gasteiger partial charge in [-0.3, -0.25) is 4.79 Å². The molecule has 2 bridgehead atoms. The van der Waals surface area contributed by atoms with Gasteiger partial charge in [-0.25, -0.2) is 9.97 Å². The molecule has 1 amide bonds. The van der Waals surface area contributed by atoms with Gasteiger partial charge < -0.3 is 20.1 Å². The first-order valence-electron chi connectivity index (χ1n) is 11.8. The SMILES string of the molecule is Cc1csc(/C(=C\c2ccc(Br)s2)c2nc3ccc(NC(=O)[C@H]4C[C@@H]5C[C@H]4[C@@H](O)[C@H]5O)cc3n2C)n1. The van der Waals surface area contributed by atoms with Gasteiger partial charge in [0.2, 0.25) is 5.91 Å². The van der Waals surface area contributed by atoms with Crippen molar-refractivity contribution >= 4 is 72.9 Å². The normalized spacial score (nSPS) is 25.7. The van der Waals surface area contributed by atoms with E-state index in [2.05, 4.69) is 33.4 Å². The monoisotopic (exact) mass is 584 g/mol. The summed E-state index contributed by atoms with van der Waals surface area (Å²) in [6, 6.07) is 9.82. The maximum Gasteiger partial charge on any atom is 0.227 e. The minimum atomic E-state index is -0.815. The second kappa shape index (κ2) is 9.18. The molecule has 10 heteroatoms. The fourth-order valence-electron chi connectivity index (χ4n) is 5.59. The van der Waals surface area contributed by atoms with Crippen LogP contribution in [0.5, 0.6) is 0 Å². The zero-order valence-electron chi connectivity index (χ0n) is 19.7. The lowest BCUT2D eigenvalue weighted by Crippen LogP contribution is -2.41. The van der Waals surface area contributed by atoms with E-state index in [-0.39, 0.29) is 23.7 Å². The molecule has 3 N–H and O–H groups in total. The summed E-state index contributed by atoms with van der Waals surface area (Å²) in [5.74, 6) is 0.254. The molecule has 36 heavy (non-hydrogen) atoms. The largest absolute Gasteiger partial charge is 0.390 e. The number of imidazole rings is 1. The molecule has 2 aliphatic carbocycles. The number of amides is 1. The van der Waals surface area contributed by atoms with E-state index in [1.165, 1.54) is 0 Å². The number of halogens is 1. The highest BCUT2D eigenvalue weighted by molar-refractivity contribution is 9.11. The third-order valence-corrected chi connectivity index (χ3v) is 9.94. The Kier molecular flexibility index (Phi) is 6.12. The summed E-state index contributed by atoms with van der Waals surface area (Å²) in [6.45, 7) is 1.99. The fraction of sp³-hybridized carbons (Fsp3) is 0.346. The summed E-state index contributed by atoms with van der Waals surface area (Å²) in [5.41, 5.74) is 4.34. The lowest BCUT2D eigenvalue weighted by molar-refractivity contribution is -0.125. The number of aromatic nitrogens is 3. The minimum absolute atomic E-state index is 0.00605. The number of carbonyl (C=O) groups is 1. The van der Waals surface area contributed by atoms with Crippen molar-refractivity contribution in [1.29, 1.82) is 0 Å². The first-order valence-corrected chi connectivity index (χ1v) is 14.3. The number of nitrogens with one attached hydrogen (secondary N) is 1. The molecule has 2 aliphatic rings. The van der Waals surface area contributed by atoms with Crippen LogP contribution in [0.2, 0.25) is 0 Å². The molecule has 3 heterocycles. The number of hydrogen-bond donors (Lipinski definition) is 3. The predicted octanol–water partition coefficient (Wildman–Crippen LogP) is 5.07. The van der Waals surface area contributed by atoms with Crippen LogP contribution < -0.4 is 5.32 Å². The van der Waals surface area contributed by atoms with Crippen molar-refractivity contribution in [1.82, 2.24) is 14.5 Å². The van der Waals surface area contributed by atoms with Crippen LogP contribution >= 0.6 is 38.6 Å². The first-order chi connectivity index (χ1) is 17.3. The van der Waals surface area contributed by atoms with Gasteiger partial charge in [-0.05, 0) is 83.9 Å².